The topological polar surface area (TPSA) is 15.8 Å². The van der Waals surface area contributed by atoms with Crippen molar-refractivity contribution in [1.29, 1.82) is 0 Å². The highest BCUT2D eigenvalue weighted by molar-refractivity contribution is 5.14. The van der Waals surface area contributed by atoms with Gasteiger partial charge in [0, 0.05) is 13.1 Å². The first-order chi connectivity index (χ1) is 6.68. The van der Waals surface area contributed by atoms with Crippen molar-refractivity contribution >= 4 is 0 Å². The molecule has 76 valence electrons. The van der Waals surface area contributed by atoms with E-state index >= 15 is 0 Å². The quantitative estimate of drug-likeness (QED) is 0.676. The SMILES string of the molecule is CN(Cc1ccccc1)CC1(C)CO1. The highest BCUT2D eigenvalue weighted by Crippen LogP contribution is 2.26. The third-order valence-corrected chi connectivity index (χ3v) is 2.54. The molecule has 0 bridgehead atoms. The van der Waals surface area contributed by atoms with E-state index in [1.54, 1.807) is 0 Å². The Balaban J connectivity index is 1.85. The minimum Gasteiger partial charge on any atom is -0.369 e. The summed E-state index contributed by atoms with van der Waals surface area (Å²) in [7, 11) is 2.14. The summed E-state index contributed by atoms with van der Waals surface area (Å²) in [6, 6.07) is 10.5. The van der Waals surface area contributed by atoms with Crippen LogP contribution in [0.1, 0.15) is 12.5 Å². The number of hydrogen-bond acceptors (Lipinski definition) is 2. The van der Waals surface area contributed by atoms with Gasteiger partial charge in [0.2, 0.25) is 0 Å². The second-order valence-electron chi connectivity index (χ2n) is 4.40. The molecule has 1 aliphatic rings. The van der Waals surface area contributed by atoms with Crippen LogP contribution in [0.3, 0.4) is 0 Å². The lowest BCUT2D eigenvalue weighted by Gasteiger charge is -2.18. The third kappa shape index (κ3) is 2.56. The van der Waals surface area contributed by atoms with Crippen LogP contribution in [0, 0.1) is 0 Å². The first kappa shape index (κ1) is 9.69. The number of rotatable bonds is 4. The van der Waals surface area contributed by atoms with Crippen molar-refractivity contribution in [3.8, 4) is 0 Å². The van der Waals surface area contributed by atoms with Crippen LogP contribution >= 0.6 is 0 Å². The zero-order valence-electron chi connectivity index (χ0n) is 8.86. The Morgan fingerprint density at radius 3 is 2.57 bits per heavy atom. The van der Waals surface area contributed by atoms with Crippen LogP contribution in [0.2, 0.25) is 0 Å². The first-order valence-electron chi connectivity index (χ1n) is 5.04. The van der Waals surface area contributed by atoms with Crippen molar-refractivity contribution in [2.75, 3.05) is 20.2 Å². The molecule has 14 heavy (non-hydrogen) atoms. The average Bonchev–Trinajstić information content (AvgIpc) is 2.84. The van der Waals surface area contributed by atoms with E-state index in [0.29, 0.717) is 0 Å². The lowest BCUT2D eigenvalue weighted by Crippen LogP contribution is -2.29. The first-order valence-corrected chi connectivity index (χ1v) is 5.04. The summed E-state index contributed by atoms with van der Waals surface area (Å²) in [6.45, 7) is 5.09. The van der Waals surface area contributed by atoms with Crippen molar-refractivity contribution in [3.63, 3.8) is 0 Å². The van der Waals surface area contributed by atoms with Crippen molar-refractivity contribution in [1.82, 2.24) is 4.90 Å². The number of ether oxygens (including phenoxy) is 1. The van der Waals surface area contributed by atoms with E-state index in [1.807, 2.05) is 0 Å². The molecular formula is C12H17NO. The van der Waals surface area contributed by atoms with Gasteiger partial charge in [-0.3, -0.25) is 4.90 Å². The van der Waals surface area contributed by atoms with Gasteiger partial charge in [0.15, 0.2) is 0 Å². The molecule has 0 aliphatic carbocycles. The van der Waals surface area contributed by atoms with E-state index in [2.05, 4.69) is 49.2 Å². The van der Waals surface area contributed by atoms with Crippen LogP contribution in [0.25, 0.3) is 0 Å². The Hall–Kier alpha value is -0.860. The zero-order chi connectivity index (χ0) is 10.0. The molecule has 2 nitrogen and oxygen atoms in total. The molecule has 2 heteroatoms. The molecule has 1 heterocycles. The van der Waals surface area contributed by atoms with Gasteiger partial charge in [-0.25, -0.2) is 0 Å². The smallest absolute Gasteiger partial charge is 0.101 e. The molecule has 0 N–H and O–H groups in total. The lowest BCUT2D eigenvalue weighted by molar-refractivity contribution is 0.221. The third-order valence-electron chi connectivity index (χ3n) is 2.54. The number of likely N-dealkylation sites (N-methyl/N-ethyl adjacent to an activating group) is 1. The van der Waals surface area contributed by atoms with Gasteiger partial charge in [0.25, 0.3) is 0 Å². The highest BCUT2D eigenvalue weighted by Gasteiger charge is 2.39. The van der Waals surface area contributed by atoms with Gasteiger partial charge in [-0.05, 0) is 19.5 Å². The summed E-state index contributed by atoms with van der Waals surface area (Å²) in [5, 5.41) is 0. The Bertz CT molecular complexity index is 292. The largest absolute Gasteiger partial charge is 0.369 e. The Morgan fingerprint density at radius 1 is 1.36 bits per heavy atom. The van der Waals surface area contributed by atoms with Crippen LogP contribution in [-0.2, 0) is 11.3 Å². The summed E-state index contributed by atoms with van der Waals surface area (Å²) in [6.07, 6.45) is 0. The Labute approximate surface area is 85.5 Å². The van der Waals surface area contributed by atoms with Crippen molar-refractivity contribution in [2.45, 2.75) is 19.1 Å². The normalized spacial score (nSPS) is 25.4. The van der Waals surface area contributed by atoms with E-state index in [9.17, 15) is 0 Å². The second-order valence-corrected chi connectivity index (χ2v) is 4.40. The van der Waals surface area contributed by atoms with Crippen molar-refractivity contribution in [3.05, 3.63) is 35.9 Å². The molecule has 0 radical (unpaired) electrons. The van der Waals surface area contributed by atoms with Gasteiger partial charge in [-0.2, -0.15) is 0 Å². The molecule has 1 aromatic rings. The second kappa shape index (κ2) is 3.71. The van der Waals surface area contributed by atoms with E-state index in [4.69, 9.17) is 4.74 Å². The number of nitrogens with zero attached hydrogens (tertiary/aromatic N) is 1. The molecule has 1 unspecified atom stereocenters. The minimum absolute atomic E-state index is 0.129. The number of benzene rings is 1. The maximum absolute atomic E-state index is 5.36. The zero-order valence-corrected chi connectivity index (χ0v) is 8.86. The molecule has 1 atom stereocenters. The van der Waals surface area contributed by atoms with Gasteiger partial charge < -0.3 is 4.74 Å². The number of hydrogen-bond donors (Lipinski definition) is 0. The summed E-state index contributed by atoms with van der Waals surface area (Å²) in [5.74, 6) is 0. The van der Waals surface area contributed by atoms with Gasteiger partial charge in [0.05, 0.1) is 6.61 Å². The fourth-order valence-corrected chi connectivity index (χ4v) is 1.74. The summed E-state index contributed by atoms with van der Waals surface area (Å²) < 4.78 is 5.36. The van der Waals surface area contributed by atoms with E-state index in [1.165, 1.54) is 5.56 Å². The Morgan fingerprint density at radius 2 is 2.00 bits per heavy atom. The molecule has 0 spiro atoms. The molecule has 0 saturated carbocycles. The summed E-state index contributed by atoms with van der Waals surface area (Å²) in [4.78, 5) is 2.31. The Kier molecular flexibility index (Phi) is 2.57. The minimum atomic E-state index is 0.129. The monoisotopic (exact) mass is 191 g/mol. The predicted octanol–water partition coefficient (Wildman–Crippen LogP) is 1.91. The lowest BCUT2D eigenvalue weighted by atomic mass is 10.1. The molecule has 0 amide bonds. The van der Waals surface area contributed by atoms with Gasteiger partial charge in [-0.15, -0.1) is 0 Å². The summed E-state index contributed by atoms with van der Waals surface area (Å²) in [5.41, 5.74) is 1.49. The highest BCUT2D eigenvalue weighted by atomic mass is 16.6. The van der Waals surface area contributed by atoms with Crippen LogP contribution in [-0.4, -0.2) is 30.7 Å². The van der Waals surface area contributed by atoms with Gasteiger partial charge in [0.1, 0.15) is 5.60 Å². The fraction of sp³-hybridized carbons (Fsp3) is 0.500. The van der Waals surface area contributed by atoms with Crippen LogP contribution in [0.5, 0.6) is 0 Å². The van der Waals surface area contributed by atoms with Gasteiger partial charge in [-0.1, -0.05) is 30.3 Å². The van der Waals surface area contributed by atoms with Crippen LogP contribution in [0.15, 0.2) is 30.3 Å². The van der Waals surface area contributed by atoms with E-state index in [0.717, 1.165) is 19.7 Å². The van der Waals surface area contributed by atoms with Crippen LogP contribution < -0.4 is 0 Å². The standard InChI is InChI=1S/C12H17NO/c1-12(10-14-12)9-13(2)8-11-6-4-3-5-7-11/h3-7H,8-10H2,1-2H3. The summed E-state index contributed by atoms with van der Waals surface area (Å²) >= 11 is 0. The molecular weight excluding hydrogens is 174 g/mol. The van der Waals surface area contributed by atoms with Crippen LogP contribution in [0.4, 0.5) is 0 Å². The molecule has 1 aromatic carbocycles. The van der Waals surface area contributed by atoms with Crippen molar-refractivity contribution < 1.29 is 4.74 Å². The molecule has 1 saturated heterocycles. The average molecular weight is 191 g/mol. The maximum Gasteiger partial charge on any atom is 0.101 e. The predicted molar refractivity (Wildman–Crippen MR) is 57.1 cm³/mol. The molecule has 0 aromatic heterocycles. The van der Waals surface area contributed by atoms with E-state index in [-0.39, 0.29) is 5.60 Å². The maximum atomic E-state index is 5.36. The van der Waals surface area contributed by atoms with Gasteiger partial charge >= 0.3 is 0 Å². The van der Waals surface area contributed by atoms with E-state index < -0.39 is 0 Å². The molecule has 1 fully saturated rings. The van der Waals surface area contributed by atoms with Crippen molar-refractivity contribution in [2.24, 2.45) is 0 Å². The molecule has 2 rings (SSSR count). The molecule has 1 aliphatic heterocycles. The fourth-order valence-electron chi connectivity index (χ4n) is 1.74. The number of epoxide rings is 1.